The van der Waals surface area contributed by atoms with Crippen LogP contribution in [-0.2, 0) is 26.2 Å². The minimum atomic E-state index is -4.08. The Bertz CT molecular complexity index is 1370. The molecule has 7 nitrogen and oxygen atoms in total. The second-order valence-corrected chi connectivity index (χ2v) is 12.2. The van der Waals surface area contributed by atoms with Gasteiger partial charge in [0.05, 0.1) is 10.6 Å². The molecule has 2 amide bonds. The number of benzene rings is 3. The Morgan fingerprint density at radius 3 is 2.21 bits per heavy atom. The number of nitrogens with one attached hydrogen (secondary N) is 1. The SMILES string of the molecule is CCCNC(=O)[C@@H](C)N(Cc1cccc(C)c1)C(=O)CN(c1ccc(C)cc1)S(=O)(=O)c1ccc(SC)cc1. The van der Waals surface area contributed by atoms with Gasteiger partial charge in [-0.1, -0.05) is 54.4 Å². The number of sulfonamides is 1. The predicted octanol–water partition coefficient (Wildman–Crippen LogP) is 5.16. The van der Waals surface area contributed by atoms with Gasteiger partial charge in [0.2, 0.25) is 11.8 Å². The van der Waals surface area contributed by atoms with Gasteiger partial charge in [0.1, 0.15) is 12.6 Å². The average molecular weight is 568 g/mol. The maximum Gasteiger partial charge on any atom is 0.264 e. The number of anilines is 1. The summed E-state index contributed by atoms with van der Waals surface area (Å²) >= 11 is 1.52. The topological polar surface area (TPSA) is 86.8 Å². The van der Waals surface area contributed by atoms with Crippen molar-refractivity contribution in [1.29, 1.82) is 0 Å². The lowest BCUT2D eigenvalue weighted by atomic mass is 10.1. The van der Waals surface area contributed by atoms with E-state index in [9.17, 15) is 18.0 Å². The highest BCUT2D eigenvalue weighted by Gasteiger charge is 2.32. The summed E-state index contributed by atoms with van der Waals surface area (Å²) < 4.78 is 28.9. The van der Waals surface area contributed by atoms with Gasteiger partial charge in [0.25, 0.3) is 10.0 Å². The number of aryl methyl sites for hydroxylation is 2. The van der Waals surface area contributed by atoms with Gasteiger partial charge in [-0.15, -0.1) is 11.8 Å². The van der Waals surface area contributed by atoms with Crippen LogP contribution in [0.1, 0.15) is 37.0 Å². The molecule has 0 aromatic heterocycles. The van der Waals surface area contributed by atoms with E-state index >= 15 is 0 Å². The molecule has 9 heteroatoms. The molecule has 0 aliphatic carbocycles. The number of carbonyl (C=O) groups is 2. The Kier molecular flexibility index (Phi) is 10.6. The lowest BCUT2D eigenvalue weighted by molar-refractivity contribution is -0.139. The van der Waals surface area contributed by atoms with Crippen LogP contribution in [0.25, 0.3) is 0 Å². The third kappa shape index (κ3) is 7.86. The molecule has 0 saturated carbocycles. The van der Waals surface area contributed by atoms with E-state index < -0.39 is 28.5 Å². The fourth-order valence-corrected chi connectivity index (χ4v) is 5.92. The number of thioether (sulfide) groups is 1. The fourth-order valence-electron chi connectivity index (χ4n) is 4.10. The largest absolute Gasteiger partial charge is 0.354 e. The van der Waals surface area contributed by atoms with E-state index in [0.717, 1.165) is 32.3 Å². The molecule has 39 heavy (non-hydrogen) atoms. The minimum absolute atomic E-state index is 0.0904. The van der Waals surface area contributed by atoms with Crippen LogP contribution in [0.4, 0.5) is 5.69 Å². The first-order valence-electron chi connectivity index (χ1n) is 12.9. The van der Waals surface area contributed by atoms with Gasteiger partial charge in [-0.25, -0.2) is 8.42 Å². The zero-order chi connectivity index (χ0) is 28.6. The van der Waals surface area contributed by atoms with Gasteiger partial charge in [0, 0.05) is 18.0 Å². The summed E-state index contributed by atoms with van der Waals surface area (Å²) in [5.74, 6) is -0.754. The quantitative estimate of drug-likeness (QED) is 0.306. The monoisotopic (exact) mass is 567 g/mol. The summed E-state index contributed by atoms with van der Waals surface area (Å²) in [5.41, 5.74) is 3.23. The van der Waals surface area contributed by atoms with Crippen molar-refractivity contribution >= 4 is 39.3 Å². The van der Waals surface area contributed by atoms with Gasteiger partial charge in [-0.3, -0.25) is 13.9 Å². The predicted molar refractivity (Wildman–Crippen MR) is 158 cm³/mol. The molecular weight excluding hydrogens is 530 g/mol. The van der Waals surface area contributed by atoms with Crippen LogP contribution in [0.15, 0.2) is 82.6 Å². The zero-order valence-electron chi connectivity index (χ0n) is 23.2. The summed E-state index contributed by atoms with van der Waals surface area (Å²) in [5, 5.41) is 2.86. The normalized spacial score (nSPS) is 12.0. The smallest absolute Gasteiger partial charge is 0.264 e. The third-order valence-corrected chi connectivity index (χ3v) is 8.93. The molecule has 1 N–H and O–H groups in total. The standard InChI is InChI=1S/C30H37N3O4S2/c1-6-18-31-30(35)24(4)32(20-25-9-7-8-23(3)19-25)29(34)21-33(26-12-10-22(2)11-13-26)39(36,37)28-16-14-27(38-5)15-17-28/h7-17,19,24H,6,18,20-21H2,1-5H3,(H,31,35)/t24-/m1/s1. The molecule has 0 aliphatic heterocycles. The number of rotatable bonds is 12. The van der Waals surface area contributed by atoms with Crippen molar-refractivity contribution in [3.63, 3.8) is 0 Å². The van der Waals surface area contributed by atoms with Crippen molar-refractivity contribution in [2.24, 2.45) is 0 Å². The fraction of sp³-hybridized carbons (Fsp3) is 0.333. The van der Waals surface area contributed by atoms with Gasteiger partial charge in [-0.05, 0) is 75.4 Å². The number of amides is 2. The maximum absolute atomic E-state index is 13.9. The first-order valence-corrected chi connectivity index (χ1v) is 15.6. The molecule has 0 bridgehead atoms. The van der Waals surface area contributed by atoms with E-state index in [-0.39, 0.29) is 17.3 Å². The molecule has 0 radical (unpaired) electrons. The van der Waals surface area contributed by atoms with Crippen molar-refractivity contribution < 1.29 is 18.0 Å². The van der Waals surface area contributed by atoms with Crippen LogP contribution in [0, 0.1) is 13.8 Å². The molecule has 3 aromatic rings. The highest BCUT2D eigenvalue weighted by atomic mass is 32.2. The van der Waals surface area contributed by atoms with Crippen molar-refractivity contribution in [3.05, 3.63) is 89.5 Å². The summed E-state index contributed by atoms with van der Waals surface area (Å²) in [7, 11) is -4.08. The lowest BCUT2D eigenvalue weighted by Gasteiger charge is -2.32. The van der Waals surface area contributed by atoms with Gasteiger partial charge < -0.3 is 10.2 Å². The average Bonchev–Trinajstić information content (AvgIpc) is 2.93. The van der Waals surface area contributed by atoms with Crippen molar-refractivity contribution in [2.45, 2.75) is 56.5 Å². The number of hydrogen-bond donors (Lipinski definition) is 1. The molecule has 208 valence electrons. The van der Waals surface area contributed by atoms with Crippen molar-refractivity contribution in [1.82, 2.24) is 10.2 Å². The van der Waals surface area contributed by atoms with Crippen LogP contribution in [0.5, 0.6) is 0 Å². The molecule has 0 fully saturated rings. The Hall–Kier alpha value is -3.30. The van der Waals surface area contributed by atoms with E-state index in [4.69, 9.17) is 0 Å². The number of hydrogen-bond acceptors (Lipinski definition) is 5. The van der Waals surface area contributed by atoms with Crippen molar-refractivity contribution in [3.8, 4) is 0 Å². The van der Waals surface area contributed by atoms with E-state index in [1.54, 1.807) is 43.3 Å². The van der Waals surface area contributed by atoms with E-state index in [1.165, 1.54) is 16.7 Å². The second-order valence-electron chi connectivity index (χ2n) is 9.50. The van der Waals surface area contributed by atoms with Crippen LogP contribution in [0.3, 0.4) is 0 Å². The van der Waals surface area contributed by atoms with Crippen LogP contribution >= 0.6 is 11.8 Å². The molecule has 0 aliphatic rings. The lowest BCUT2D eigenvalue weighted by Crippen LogP contribution is -2.51. The minimum Gasteiger partial charge on any atom is -0.354 e. The van der Waals surface area contributed by atoms with E-state index in [2.05, 4.69) is 5.32 Å². The number of carbonyl (C=O) groups excluding carboxylic acids is 2. The summed E-state index contributed by atoms with van der Waals surface area (Å²) in [6.07, 6.45) is 2.68. The first-order chi connectivity index (χ1) is 18.6. The van der Waals surface area contributed by atoms with E-state index in [0.29, 0.717) is 12.2 Å². The molecule has 0 saturated heterocycles. The Morgan fingerprint density at radius 2 is 1.62 bits per heavy atom. The van der Waals surface area contributed by atoms with Crippen molar-refractivity contribution in [2.75, 3.05) is 23.7 Å². The van der Waals surface area contributed by atoms with Gasteiger partial charge >= 0.3 is 0 Å². The summed E-state index contributed by atoms with van der Waals surface area (Å²) in [6, 6.07) is 20.5. The molecule has 0 spiro atoms. The second kappa shape index (κ2) is 13.7. The van der Waals surface area contributed by atoms with E-state index in [1.807, 2.05) is 63.4 Å². The Balaban J connectivity index is 2.01. The Labute approximate surface area is 236 Å². The maximum atomic E-state index is 13.9. The summed E-state index contributed by atoms with van der Waals surface area (Å²) in [6.45, 7) is 7.71. The molecule has 0 heterocycles. The van der Waals surface area contributed by atoms with Gasteiger partial charge in [0.15, 0.2) is 0 Å². The van der Waals surface area contributed by atoms with Gasteiger partial charge in [-0.2, -0.15) is 0 Å². The third-order valence-electron chi connectivity index (χ3n) is 6.40. The highest BCUT2D eigenvalue weighted by molar-refractivity contribution is 7.98. The van der Waals surface area contributed by atoms with Crippen LogP contribution in [-0.4, -0.2) is 50.5 Å². The zero-order valence-corrected chi connectivity index (χ0v) is 24.8. The summed E-state index contributed by atoms with van der Waals surface area (Å²) in [4.78, 5) is 29.3. The highest BCUT2D eigenvalue weighted by Crippen LogP contribution is 2.26. The Morgan fingerprint density at radius 1 is 0.949 bits per heavy atom. The van der Waals surface area contributed by atoms with Crippen LogP contribution in [0.2, 0.25) is 0 Å². The van der Waals surface area contributed by atoms with Crippen LogP contribution < -0.4 is 9.62 Å². The molecule has 1 atom stereocenters. The molecular formula is C30H37N3O4S2. The number of nitrogens with zero attached hydrogens (tertiary/aromatic N) is 2. The molecule has 3 rings (SSSR count). The molecule has 0 unspecified atom stereocenters. The molecule has 3 aromatic carbocycles. The first kappa shape index (κ1) is 30.2.